The molecule has 0 radical (unpaired) electrons. The normalized spacial score (nSPS) is 11.6. The van der Waals surface area contributed by atoms with Gasteiger partial charge in [-0.15, -0.1) is 0 Å². The molecule has 0 aliphatic rings. The summed E-state index contributed by atoms with van der Waals surface area (Å²) >= 11 is 0. The highest BCUT2D eigenvalue weighted by Crippen LogP contribution is 2.12. The van der Waals surface area contributed by atoms with Gasteiger partial charge < -0.3 is 10.1 Å². The zero-order valence-electron chi connectivity index (χ0n) is 20.5. The Labute approximate surface area is 204 Å². The number of nitrogens with one attached hydrogen (secondary N) is 1. The number of hydrogen-bond acceptors (Lipinski definition) is 4. The van der Waals surface area contributed by atoms with Crippen LogP contribution >= 0.6 is 0 Å². The quantitative estimate of drug-likeness (QED) is 0.166. The lowest BCUT2D eigenvalue weighted by molar-refractivity contribution is -0.149. The second-order valence-electron chi connectivity index (χ2n) is 8.79. The lowest BCUT2D eigenvalue weighted by Gasteiger charge is -2.17. The Morgan fingerprint density at radius 2 is 1.32 bits per heavy atom. The van der Waals surface area contributed by atoms with Crippen molar-refractivity contribution in [1.82, 2.24) is 5.32 Å². The lowest BCUT2D eigenvalue weighted by atomic mass is 10.0. The third-order valence-electron chi connectivity index (χ3n) is 5.84. The first-order valence-corrected chi connectivity index (χ1v) is 12.7. The average molecular weight is 466 g/mol. The van der Waals surface area contributed by atoms with Crippen LogP contribution in [0.2, 0.25) is 0 Å². The van der Waals surface area contributed by atoms with Crippen LogP contribution in [0.25, 0.3) is 0 Å². The van der Waals surface area contributed by atoms with Crippen molar-refractivity contribution in [3.05, 3.63) is 71.8 Å². The molecule has 0 spiro atoms. The second kappa shape index (κ2) is 16.6. The van der Waals surface area contributed by atoms with Crippen LogP contribution in [-0.4, -0.2) is 23.7 Å². The molecule has 5 heteroatoms. The summed E-state index contributed by atoms with van der Waals surface area (Å²) in [6.07, 6.45) is 10.7. The average Bonchev–Trinajstić information content (AvgIpc) is 2.87. The van der Waals surface area contributed by atoms with Gasteiger partial charge in [-0.3, -0.25) is 9.59 Å². The van der Waals surface area contributed by atoms with Gasteiger partial charge in [0.1, 0.15) is 12.6 Å². The molecule has 0 aliphatic carbocycles. The largest absolute Gasteiger partial charge is 0.459 e. The Morgan fingerprint density at radius 3 is 1.94 bits per heavy atom. The van der Waals surface area contributed by atoms with E-state index in [0.717, 1.165) is 24.8 Å². The molecule has 1 atom stereocenters. The molecule has 1 N–H and O–H groups in total. The standard InChI is InChI=1S/C29H39NO4/c1-2-3-4-5-6-7-8-9-16-21-28(32)30-26(22-27(31)25-19-14-11-15-20-25)29(33)34-23-24-17-12-10-13-18-24/h10-15,17-20,26H,2-9,16,21-23H2,1H3,(H,30,32)/t26-/m0/s1. The highest BCUT2D eigenvalue weighted by atomic mass is 16.5. The van der Waals surface area contributed by atoms with E-state index in [4.69, 9.17) is 4.74 Å². The number of esters is 1. The molecular weight excluding hydrogens is 426 g/mol. The van der Waals surface area contributed by atoms with E-state index in [1.165, 1.54) is 38.5 Å². The number of carbonyl (C=O) groups is 3. The molecular formula is C29H39NO4. The van der Waals surface area contributed by atoms with E-state index in [-0.39, 0.29) is 24.7 Å². The van der Waals surface area contributed by atoms with Crippen molar-refractivity contribution in [2.45, 2.75) is 90.2 Å². The fraction of sp³-hybridized carbons (Fsp3) is 0.483. The number of rotatable bonds is 17. The summed E-state index contributed by atoms with van der Waals surface area (Å²) in [5, 5.41) is 2.74. The van der Waals surface area contributed by atoms with Crippen LogP contribution in [-0.2, 0) is 20.9 Å². The Balaban J connectivity index is 1.81. The Kier molecular flexibility index (Phi) is 13.4. The molecule has 0 heterocycles. The summed E-state index contributed by atoms with van der Waals surface area (Å²) in [5.74, 6) is -1.01. The smallest absolute Gasteiger partial charge is 0.329 e. The van der Waals surface area contributed by atoms with Gasteiger partial charge in [-0.25, -0.2) is 4.79 Å². The minimum atomic E-state index is -0.998. The number of ether oxygens (including phenoxy) is 1. The number of ketones is 1. The van der Waals surface area contributed by atoms with Crippen LogP contribution in [0.1, 0.15) is 93.5 Å². The van der Waals surface area contributed by atoms with Gasteiger partial charge in [-0.05, 0) is 12.0 Å². The van der Waals surface area contributed by atoms with Crippen LogP contribution < -0.4 is 5.32 Å². The summed E-state index contributed by atoms with van der Waals surface area (Å²) < 4.78 is 5.42. The number of Topliss-reactive ketones (excluding diaryl/α,β-unsaturated/α-hetero) is 1. The van der Waals surface area contributed by atoms with Crippen LogP contribution in [0, 0.1) is 0 Å². The van der Waals surface area contributed by atoms with E-state index >= 15 is 0 Å². The summed E-state index contributed by atoms with van der Waals surface area (Å²) in [6.45, 7) is 2.32. The second-order valence-corrected chi connectivity index (χ2v) is 8.79. The van der Waals surface area contributed by atoms with Crippen LogP contribution in [0.4, 0.5) is 0 Å². The van der Waals surface area contributed by atoms with Crippen molar-refractivity contribution in [3.8, 4) is 0 Å². The van der Waals surface area contributed by atoms with E-state index in [0.29, 0.717) is 12.0 Å². The van der Waals surface area contributed by atoms with Gasteiger partial charge >= 0.3 is 5.97 Å². The van der Waals surface area contributed by atoms with Crippen molar-refractivity contribution in [3.63, 3.8) is 0 Å². The van der Waals surface area contributed by atoms with Gasteiger partial charge in [0.15, 0.2) is 5.78 Å². The third kappa shape index (κ3) is 11.3. The van der Waals surface area contributed by atoms with Crippen molar-refractivity contribution in [1.29, 1.82) is 0 Å². The van der Waals surface area contributed by atoms with Crippen molar-refractivity contribution < 1.29 is 19.1 Å². The monoisotopic (exact) mass is 465 g/mol. The number of carbonyl (C=O) groups excluding carboxylic acids is 3. The Hall–Kier alpha value is -2.95. The molecule has 0 fully saturated rings. The SMILES string of the molecule is CCCCCCCCCCCC(=O)N[C@@H](CC(=O)c1ccccc1)C(=O)OCc1ccccc1. The highest BCUT2D eigenvalue weighted by Gasteiger charge is 2.25. The Bertz CT molecular complexity index is 851. The highest BCUT2D eigenvalue weighted by molar-refractivity contribution is 5.99. The van der Waals surface area contributed by atoms with Crippen molar-refractivity contribution in [2.24, 2.45) is 0 Å². The van der Waals surface area contributed by atoms with E-state index in [1.54, 1.807) is 24.3 Å². The van der Waals surface area contributed by atoms with Gasteiger partial charge in [0, 0.05) is 18.4 Å². The third-order valence-corrected chi connectivity index (χ3v) is 5.84. The molecule has 1 amide bonds. The molecule has 0 bridgehead atoms. The topological polar surface area (TPSA) is 72.5 Å². The molecule has 34 heavy (non-hydrogen) atoms. The molecule has 0 aliphatic heterocycles. The Morgan fingerprint density at radius 1 is 0.765 bits per heavy atom. The summed E-state index contributed by atoms with van der Waals surface area (Å²) in [5.41, 5.74) is 1.36. The number of hydrogen-bond donors (Lipinski definition) is 1. The molecule has 2 aromatic rings. The minimum Gasteiger partial charge on any atom is -0.459 e. The first-order chi connectivity index (χ1) is 16.6. The van der Waals surface area contributed by atoms with E-state index in [9.17, 15) is 14.4 Å². The van der Waals surface area contributed by atoms with E-state index in [2.05, 4.69) is 12.2 Å². The van der Waals surface area contributed by atoms with E-state index < -0.39 is 12.0 Å². The fourth-order valence-electron chi connectivity index (χ4n) is 3.81. The summed E-state index contributed by atoms with van der Waals surface area (Å²) in [7, 11) is 0. The zero-order chi connectivity index (χ0) is 24.4. The number of benzene rings is 2. The predicted molar refractivity (Wildman–Crippen MR) is 135 cm³/mol. The molecule has 2 aromatic carbocycles. The maximum atomic E-state index is 12.8. The van der Waals surface area contributed by atoms with Gasteiger partial charge in [-0.1, -0.05) is 119 Å². The van der Waals surface area contributed by atoms with Crippen LogP contribution in [0.15, 0.2) is 60.7 Å². The summed E-state index contributed by atoms with van der Waals surface area (Å²) in [4.78, 5) is 38.0. The zero-order valence-corrected chi connectivity index (χ0v) is 20.5. The molecule has 0 saturated carbocycles. The molecule has 5 nitrogen and oxygen atoms in total. The fourth-order valence-corrected chi connectivity index (χ4v) is 3.81. The molecule has 0 unspecified atom stereocenters. The minimum absolute atomic E-state index is 0.101. The molecule has 0 saturated heterocycles. The predicted octanol–water partition coefficient (Wildman–Crippen LogP) is 6.41. The lowest BCUT2D eigenvalue weighted by Crippen LogP contribution is -2.43. The maximum Gasteiger partial charge on any atom is 0.329 e. The molecule has 2 rings (SSSR count). The van der Waals surface area contributed by atoms with Gasteiger partial charge in [0.2, 0.25) is 5.91 Å². The van der Waals surface area contributed by atoms with Gasteiger partial charge in [0.05, 0.1) is 0 Å². The molecule has 0 aromatic heterocycles. The van der Waals surface area contributed by atoms with Gasteiger partial charge in [-0.2, -0.15) is 0 Å². The summed E-state index contributed by atoms with van der Waals surface area (Å²) in [6, 6.07) is 17.1. The van der Waals surface area contributed by atoms with Crippen molar-refractivity contribution in [2.75, 3.05) is 0 Å². The number of unbranched alkanes of at least 4 members (excludes halogenated alkanes) is 8. The van der Waals surface area contributed by atoms with Crippen LogP contribution in [0.3, 0.4) is 0 Å². The van der Waals surface area contributed by atoms with E-state index in [1.807, 2.05) is 36.4 Å². The van der Waals surface area contributed by atoms with Gasteiger partial charge in [0.25, 0.3) is 0 Å². The molecule has 184 valence electrons. The van der Waals surface area contributed by atoms with Crippen LogP contribution in [0.5, 0.6) is 0 Å². The number of amides is 1. The first kappa shape index (κ1) is 27.3. The first-order valence-electron chi connectivity index (χ1n) is 12.7. The maximum absolute atomic E-state index is 12.8. The van der Waals surface area contributed by atoms with Crippen molar-refractivity contribution >= 4 is 17.7 Å².